The van der Waals surface area contributed by atoms with Gasteiger partial charge in [0.2, 0.25) is 10.0 Å². The van der Waals surface area contributed by atoms with Crippen molar-refractivity contribution in [3.05, 3.63) is 22.9 Å². The van der Waals surface area contributed by atoms with Crippen LogP contribution in [0.2, 0.25) is 0 Å². The number of aromatic nitrogens is 1. The highest BCUT2D eigenvalue weighted by Gasteiger charge is 2.31. The van der Waals surface area contributed by atoms with Crippen LogP contribution in [0, 0.1) is 0 Å². The van der Waals surface area contributed by atoms with Crippen molar-refractivity contribution in [3.8, 4) is 0 Å². The molecule has 1 aliphatic heterocycles. The second-order valence-corrected chi connectivity index (χ2v) is 7.89. The van der Waals surface area contributed by atoms with Crippen LogP contribution in [0.1, 0.15) is 26.7 Å². The fraction of sp³-hybridized carbons (Fsp3) is 0.583. The van der Waals surface area contributed by atoms with Gasteiger partial charge < -0.3 is 4.74 Å². The maximum absolute atomic E-state index is 12.3. The van der Waals surface area contributed by atoms with Gasteiger partial charge in [0.05, 0.1) is 5.60 Å². The summed E-state index contributed by atoms with van der Waals surface area (Å²) in [5.41, 5.74) is -0.291. The highest BCUT2D eigenvalue weighted by atomic mass is 79.9. The van der Waals surface area contributed by atoms with E-state index in [4.69, 9.17) is 4.74 Å². The van der Waals surface area contributed by atoms with Gasteiger partial charge >= 0.3 is 0 Å². The molecule has 0 aliphatic carbocycles. The zero-order valence-corrected chi connectivity index (χ0v) is 13.3. The number of hydrogen-bond donors (Lipinski definition) is 1. The SMILES string of the molecule is CC1(C)CC(NS(=O)(=O)c2cncc(Br)c2)CCO1. The summed E-state index contributed by atoms with van der Waals surface area (Å²) in [7, 11) is -3.53. The number of halogens is 1. The molecule has 1 aromatic rings. The van der Waals surface area contributed by atoms with Gasteiger partial charge in [0.25, 0.3) is 0 Å². The number of sulfonamides is 1. The van der Waals surface area contributed by atoms with Crippen molar-refractivity contribution in [2.45, 2.75) is 43.2 Å². The van der Waals surface area contributed by atoms with Gasteiger partial charge in [-0.3, -0.25) is 4.98 Å². The predicted octanol–water partition coefficient (Wildman–Crippen LogP) is 2.08. The van der Waals surface area contributed by atoms with E-state index in [2.05, 4.69) is 25.6 Å². The molecular weight excluding hydrogens is 332 g/mol. The third kappa shape index (κ3) is 3.98. The number of hydrogen-bond acceptors (Lipinski definition) is 4. The maximum atomic E-state index is 12.3. The fourth-order valence-corrected chi connectivity index (χ4v) is 3.93. The molecule has 0 radical (unpaired) electrons. The van der Waals surface area contributed by atoms with Crippen molar-refractivity contribution in [1.29, 1.82) is 0 Å². The van der Waals surface area contributed by atoms with Gasteiger partial charge in [-0.2, -0.15) is 0 Å². The van der Waals surface area contributed by atoms with Crippen molar-refractivity contribution in [1.82, 2.24) is 9.71 Å². The van der Waals surface area contributed by atoms with Crippen LogP contribution in [-0.4, -0.2) is 31.7 Å². The number of rotatable bonds is 3. The molecule has 0 spiro atoms. The van der Waals surface area contributed by atoms with Gasteiger partial charge in [0.15, 0.2) is 0 Å². The third-order valence-corrected chi connectivity index (χ3v) is 4.93. The molecule has 1 atom stereocenters. The quantitative estimate of drug-likeness (QED) is 0.907. The molecule has 1 saturated heterocycles. The lowest BCUT2D eigenvalue weighted by Crippen LogP contribution is -2.45. The number of nitrogens with one attached hydrogen (secondary N) is 1. The summed E-state index contributed by atoms with van der Waals surface area (Å²) in [6, 6.07) is 1.44. The predicted molar refractivity (Wildman–Crippen MR) is 75.3 cm³/mol. The van der Waals surface area contributed by atoms with Gasteiger partial charge in [-0.1, -0.05) is 0 Å². The Morgan fingerprint density at radius 1 is 1.47 bits per heavy atom. The first kappa shape index (κ1) is 14.9. The molecule has 1 N–H and O–H groups in total. The van der Waals surface area contributed by atoms with Crippen molar-refractivity contribution >= 4 is 26.0 Å². The lowest BCUT2D eigenvalue weighted by Gasteiger charge is -2.35. The number of pyridine rings is 1. The van der Waals surface area contributed by atoms with Crippen molar-refractivity contribution in [2.75, 3.05) is 6.61 Å². The van der Waals surface area contributed by atoms with Crippen LogP contribution in [0.5, 0.6) is 0 Å². The average molecular weight is 349 g/mol. The second-order valence-electron chi connectivity index (χ2n) is 5.26. The molecule has 0 amide bonds. The molecule has 1 aromatic heterocycles. The van der Waals surface area contributed by atoms with Gasteiger partial charge in [-0.15, -0.1) is 0 Å². The molecule has 2 heterocycles. The Hall–Kier alpha value is -0.500. The van der Waals surface area contributed by atoms with Crippen LogP contribution in [0.3, 0.4) is 0 Å². The van der Waals surface area contributed by atoms with Crippen molar-refractivity contribution in [3.63, 3.8) is 0 Å². The van der Waals surface area contributed by atoms with Crippen LogP contribution < -0.4 is 4.72 Å². The van der Waals surface area contributed by atoms with E-state index in [1.54, 1.807) is 12.3 Å². The van der Waals surface area contributed by atoms with Crippen LogP contribution in [0.4, 0.5) is 0 Å². The van der Waals surface area contributed by atoms with Crippen molar-refractivity contribution in [2.24, 2.45) is 0 Å². The zero-order valence-electron chi connectivity index (χ0n) is 10.9. The second kappa shape index (κ2) is 5.47. The fourth-order valence-electron chi connectivity index (χ4n) is 2.16. The summed E-state index contributed by atoms with van der Waals surface area (Å²) < 4.78 is 33.4. The van der Waals surface area contributed by atoms with Gasteiger partial charge in [0, 0.05) is 29.5 Å². The van der Waals surface area contributed by atoms with Crippen LogP contribution in [-0.2, 0) is 14.8 Å². The van der Waals surface area contributed by atoms with Gasteiger partial charge in [-0.25, -0.2) is 13.1 Å². The molecule has 0 saturated carbocycles. The van der Waals surface area contributed by atoms with Crippen molar-refractivity contribution < 1.29 is 13.2 Å². The first-order valence-corrected chi connectivity index (χ1v) is 8.33. The topological polar surface area (TPSA) is 68.3 Å². The van der Waals surface area contributed by atoms with Crippen LogP contribution in [0.15, 0.2) is 27.8 Å². The Balaban J connectivity index is 2.13. The molecule has 5 nitrogen and oxygen atoms in total. The van der Waals surface area contributed by atoms with E-state index in [9.17, 15) is 8.42 Å². The average Bonchev–Trinajstić information content (AvgIpc) is 2.27. The Morgan fingerprint density at radius 3 is 2.84 bits per heavy atom. The summed E-state index contributed by atoms with van der Waals surface area (Å²) in [6.45, 7) is 4.50. The standard InChI is InChI=1S/C12H17BrN2O3S/c1-12(2)6-10(3-4-18-12)15-19(16,17)11-5-9(13)7-14-8-11/h5,7-8,10,15H,3-4,6H2,1-2H3. The summed E-state index contributed by atoms with van der Waals surface area (Å²) in [5.74, 6) is 0. The molecule has 1 unspecified atom stereocenters. The monoisotopic (exact) mass is 348 g/mol. The largest absolute Gasteiger partial charge is 0.375 e. The highest BCUT2D eigenvalue weighted by molar-refractivity contribution is 9.10. The van der Waals surface area contributed by atoms with E-state index in [0.717, 1.165) is 0 Å². The summed E-state index contributed by atoms with van der Waals surface area (Å²) in [4.78, 5) is 4.05. The zero-order chi connectivity index (χ0) is 14.1. The molecule has 0 aromatic carbocycles. The van der Waals surface area contributed by atoms with Gasteiger partial charge in [-0.05, 0) is 48.7 Å². The smallest absolute Gasteiger partial charge is 0.242 e. The van der Waals surface area contributed by atoms with E-state index in [1.165, 1.54) is 6.20 Å². The molecule has 7 heteroatoms. The molecule has 2 rings (SSSR count). The van der Waals surface area contributed by atoms with E-state index in [1.807, 2.05) is 13.8 Å². The van der Waals surface area contributed by atoms with E-state index >= 15 is 0 Å². The molecule has 0 bridgehead atoms. The Kier molecular flexibility index (Phi) is 4.29. The molecule has 19 heavy (non-hydrogen) atoms. The number of ether oxygens (including phenoxy) is 1. The molecule has 1 aliphatic rings. The lowest BCUT2D eigenvalue weighted by atomic mass is 9.95. The summed E-state index contributed by atoms with van der Waals surface area (Å²) >= 11 is 3.22. The molecule has 106 valence electrons. The molecule has 1 fully saturated rings. The number of nitrogens with zero attached hydrogens (tertiary/aromatic N) is 1. The molecular formula is C12H17BrN2O3S. The maximum Gasteiger partial charge on any atom is 0.242 e. The normalized spacial score (nSPS) is 23.2. The minimum absolute atomic E-state index is 0.104. The van der Waals surface area contributed by atoms with Gasteiger partial charge in [0.1, 0.15) is 4.90 Å². The van der Waals surface area contributed by atoms with Crippen LogP contribution in [0.25, 0.3) is 0 Å². The van der Waals surface area contributed by atoms with E-state index in [0.29, 0.717) is 23.9 Å². The summed E-state index contributed by atoms with van der Waals surface area (Å²) in [6.07, 6.45) is 4.24. The highest BCUT2D eigenvalue weighted by Crippen LogP contribution is 2.25. The minimum atomic E-state index is -3.53. The minimum Gasteiger partial charge on any atom is -0.375 e. The third-order valence-electron chi connectivity index (χ3n) is 3.01. The Bertz CT molecular complexity index is 560. The van der Waals surface area contributed by atoms with Crippen LogP contribution >= 0.6 is 15.9 Å². The summed E-state index contributed by atoms with van der Waals surface area (Å²) in [5, 5.41) is 0. The first-order chi connectivity index (χ1) is 8.78. The first-order valence-electron chi connectivity index (χ1n) is 6.05. The Labute approximate surface area is 121 Å². The van der Waals surface area contributed by atoms with E-state index < -0.39 is 10.0 Å². The Morgan fingerprint density at radius 2 is 2.21 bits per heavy atom. The van der Waals surface area contributed by atoms with E-state index in [-0.39, 0.29) is 16.5 Å². The lowest BCUT2D eigenvalue weighted by molar-refractivity contribution is -0.0599.